The lowest BCUT2D eigenvalue weighted by molar-refractivity contribution is 1.79. The van der Waals surface area contributed by atoms with Crippen molar-refractivity contribution < 1.29 is 0 Å². The maximum absolute atomic E-state index is 2.74. The van der Waals surface area contributed by atoms with Crippen LogP contribution in [-0.4, -0.2) is 0 Å². The Labute approximate surface area is 91.1 Å². The van der Waals surface area contributed by atoms with Gasteiger partial charge in [-0.05, 0) is 32.9 Å². The van der Waals surface area contributed by atoms with Gasteiger partial charge < -0.3 is 0 Å². The summed E-state index contributed by atoms with van der Waals surface area (Å²) in [5.41, 5.74) is 0. The van der Waals surface area contributed by atoms with Gasteiger partial charge in [0.05, 0.1) is 0 Å². The molecule has 0 aromatic heterocycles. The van der Waals surface area contributed by atoms with E-state index in [0.29, 0.717) is 0 Å². The first kappa shape index (κ1) is 8.88. The van der Waals surface area contributed by atoms with E-state index < -0.39 is 0 Å². The minimum absolute atomic E-state index is 1.23. The molecule has 3 aromatic carbocycles. The van der Waals surface area contributed by atoms with E-state index in [1.54, 1.807) is 0 Å². The Balaban J connectivity index is 2.55. The minimum atomic E-state index is 1.23. The van der Waals surface area contributed by atoms with Crippen LogP contribution >= 0.6 is 9.24 Å². The monoisotopic (exact) mass is 210 g/mol. The number of benzene rings is 3. The van der Waals surface area contributed by atoms with Gasteiger partial charge in [-0.1, -0.05) is 48.5 Å². The predicted molar refractivity (Wildman–Crippen MR) is 70.8 cm³/mol. The molecule has 0 aliphatic carbocycles. The summed E-state index contributed by atoms with van der Waals surface area (Å²) in [4.78, 5) is 0. The molecule has 0 saturated heterocycles. The van der Waals surface area contributed by atoms with Crippen molar-refractivity contribution in [3.05, 3.63) is 54.6 Å². The summed E-state index contributed by atoms with van der Waals surface area (Å²) >= 11 is 0. The van der Waals surface area contributed by atoms with Gasteiger partial charge in [0.1, 0.15) is 0 Å². The fourth-order valence-corrected chi connectivity index (χ4v) is 2.31. The summed E-state index contributed by atoms with van der Waals surface area (Å²) in [6, 6.07) is 19.4. The van der Waals surface area contributed by atoms with Gasteiger partial charge in [0.25, 0.3) is 0 Å². The molecule has 72 valence electrons. The van der Waals surface area contributed by atoms with E-state index in [2.05, 4.69) is 63.8 Å². The quantitative estimate of drug-likeness (QED) is 0.393. The molecule has 3 aromatic rings. The number of hydrogen-bond donors (Lipinski definition) is 0. The van der Waals surface area contributed by atoms with Gasteiger partial charge in [-0.2, -0.15) is 0 Å². The van der Waals surface area contributed by atoms with Crippen molar-refractivity contribution in [1.82, 2.24) is 0 Å². The third kappa shape index (κ3) is 1.42. The number of hydrogen-bond acceptors (Lipinski definition) is 0. The second-order valence-corrected chi connectivity index (χ2v) is 4.43. The molecule has 15 heavy (non-hydrogen) atoms. The fraction of sp³-hybridized carbons (Fsp3) is 0. The van der Waals surface area contributed by atoms with Crippen LogP contribution in [0.4, 0.5) is 0 Å². The molecular weight excluding hydrogens is 199 g/mol. The van der Waals surface area contributed by atoms with E-state index >= 15 is 0 Å². The van der Waals surface area contributed by atoms with Crippen molar-refractivity contribution in [3.8, 4) is 0 Å². The molecule has 3 rings (SSSR count). The SMILES string of the molecule is Pc1ccc2c(ccc3ccccc32)c1. The van der Waals surface area contributed by atoms with Gasteiger partial charge in [-0.3, -0.25) is 0 Å². The van der Waals surface area contributed by atoms with E-state index in [4.69, 9.17) is 0 Å². The predicted octanol–water partition coefficient (Wildman–Crippen LogP) is 3.49. The third-order valence-electron chi connectivity index (χ3n) is 2.77. The molecular formula is C14H11P. The average Bonchev–Trinajstić information content (AvgIpc) is 2.28. The van der Waals surface area contributed by atoms with Crippen molar-refractivity contribution in [1.29, 1.82) is 0 Å². The van der Waals surface area contributed by atoms with Crippen molar-refractivity contribution >= 4 is 36.1 Å². The Morgan fingerprint density at radius 2 is 1.40 bits per heavy atom. The zero-order valence-corrected chi connectivity index (χ0v) is 9.43. The van der Waals surface area contributed by atoms with E-state index in [1.165, 1.54) is 26.8 Å². The highest BCUT2D eigenvalue weighted by Gasteiger charge is 1.98. The molecule has 0 fully saturated rings. The molecule has 0 aliphatic rings. The number of fused-ring (bicyclic) bond motifs is 3. The summed E-state index contributed by atoms with van der Waals surface area (Å²) in [6.07, 6.45) is 0. The Kier molecular flexibility index (Phi) is 1.97. The minimum Gasteiger partial charge on any atom is -0.106 e. The molecule has 0 spiro atoms. The first-order valence-corrected chi connectivity index (χ1v) is 5.59. The van der Waals surface area contributed by atoms with Crippen LogP contribution in [0, 0.1) is 0 Å². The second kappa shape index (κ2) is 3.32. The zero-order chi connectivity index (χ0) is 10.3. The standard InChI is InChI=1S/C14H11P/c15-12-7-8-14-11(9-12)6-5-10-3-1-2-4-13(10)14/h1-9H,15H2. The second-order valence-electron chi connectivity index (χ2n) is 3.77. The highest BCUT2D eigenvalue weighted by atomic mass is 31.0. The van der Waals surface area contributed by atoms with Crippen LogP contribution in [0.2, 0.25) is 0 Å². The highest BCUT2D eigenvalue weighted by molar-refractivity contribution is 7.27. The van der Waals surface area contributed by atoms with Gasteiger partial charge >= 0.3 is 0 Å². The molecule has 0 amide bonds. The van der Waals surface area contributed by atoms with Crippen molar-refractivity contribution in [2.24, 2.45) is 0 Å². The van der Waals surface area contributed by atoms with Crippen LogP contribution in [0.25, 0.3) is 21.5 Å². The highest BCUT2D eigenvalue weighted by Crippen LogP contribution is 2.24. The molecule has 1 unspecified atom stereocenters. The van der Waals surface area contributed by atoms with Crippen molar-refractivity contribution in [3.63, 3.8) is 0 Å². The van der Waals surface area contributed by atoms with E-state index in [9.17, 15) is 0 Å². The maximum Gasteiger partial charge on any atom is -0.0105 e. The Morgan fingerprint density at radius 3 is 2.33 bits per heavy atom. The molecule has 0 radical (unpaired) electrons. The lowest BCUT2D eigenvalue weighted by atomic mass is 10.0. The van der Waals surface area contributed by atoms with Crippen LogP contribution in [-0.2, 0) is 0 Å². The topological polar surface area (TPSA) is 0 Å². The van der Waals surface area contributed by atoms with E-state index in [0.717, 1.165) is 0 Å². The first-order chi connectivity index (χ1) is 7.34. The normalized spacial score (nSPS) is 11.0. The van der Waals surface area contributed by atoms with Gasteiger partial charge in [0.15, 0.2) is 0 Å². The molecule has 0 nitrogen and oxygen atoms in total. The Hall–Kier alpha value is -1.39. The Morgan fingerprint density at radius 1 is 0.667 bits per heavy atom. The molecule has 0 saturated carbocycles. The molecule has 1 heteroatoms. The number of rotatable bonds is 0. The van der Waals surface area contributed by atoms with E-state index in [1.807, 2.05) is 0 Å². The lowest BCUT2D eigenvalue weighted by Crippen LogP contribution is -1.88. The molecule has 0 aliphatic heterocycles. The van der Waals surface area contributed by atoms with Gasteiger partial charge in [0, 0.05) is 0 Å². The van der Waals surface area contributed by atoms with Crippen LogP contribution in [0.1, 0.15) is 0 Å². The van der Waals surface area contributed by atoms with Crippen LogP contribution < -0.4 is 5.30 Å². The van der Waals surface area contributed by atoms with Gasteiger partial charge in [0.2, 0.25) is 0 Å². The van der Waals surface area contributed by atoms with Crippen LogP contribution in [0.3, 0.4) is 0 Å². The smallest absolute Gasteiger partial charge is 0.0105 e. The molecule has 0 N–H and O–H groups in total. The molecule has 0 heterocycles. The van der Waals surface area contributed by atoms with Crippen LogP contribution in [0.15, 0.2) is 54.6 Å². The zero-order valence-electron chi connectivity index (χ0n) is 8.27. The van der Waals surface area contributed by atoms with Crippen LogP contribution in [0.5, 0.6) is 0 Å². The van der Waals surface area contributed by atoms with Gasteiger partial charge in [-0.15, -0.1) is 9.24 Å². The first-order valence-electron chi connectivity index (χ1n) is 5.01. The van der Waals surface area contributed by atoms with Gasteiger partial charge in [-0.25, -0.2) is 0 Å². The van der Waals surface area contributed by atoms with Crippen molar-refractivity contribution in [2.75, 3.05) is 0 Å². The van der Waals surface area contributed by atoms with Crippen molar-refractivity contribution in [2.45, 2.75) is 0 Å². The lowest BCUT2D eigenvalue weighted by Gasteiger charge is -2.04. The third-order valence-corrected chi connectivity index (χ3v) is 3.13. The van der Waals surface area contributed by atoms with E-state index in [-0.39, 0.29) is 0 Å². The summed E-state index contributed by atoms with van der Waals surface area (Å²) in [6.45, 7) is 0. The summed E-state index contributed by atoms with van der Waals surface area (Å²) in [5.74, 6) is 0. The largest absolute Gasteiger partial charge is 0.106 e. The Bertz CT molecular complexity index is 641. The average molecular weight is 210 g/mol. The molecule has 0 bridgehead atoms. The molecule has 1 atom stereocenters. The summed E-state index contributed by atoms with van der Waals surface area (Å²) in [5, 5.41) is 6.51. The fourth-order valence-electron chi connectivity index (χ4n) is 2.03. The summed E-state index contributed by atoms with van der Waals surface area (Å²) in [7, 11) is 2.74. The maximum atomic E-state index is 2.74. The summed E-state index contributed by atoms with van der Waals surface area (Å²) < 4.78 is 0.